The molecule has 118 valence electrons. The molecule has 2 unspecified atom stereocenters. The number of rotatable bonds is 1. The van der Waals surface area contributed by atoms with Gasteiger partial charge in [0.25, 0.3) is 0 Å². The lowest BCUT2D eigenvalue weighted by Gasteiger charge is -2.56. The summed E-state index contributed by atoms with van der Waals surface area (Å²) in [5, 5.41) is 14.3. The molecule has 1 aromatic carbocycles. The van der Waals surface area contributed by atoms with E-state index in [1.165, 1.54) is 11.1 Å². The Hall–Kier alpha value is -0.780. The monoisotopic (exact) mass is 365 g/mol. The zero-order chi connectivity index (χ0) is 15.1. The van der Waals surface area contributed by atoms with Crippen LogP contribution in [0.4, 0.5) is 0 Å². The zero-order valence-corrected chi connectivity index (χ0v) is 14.1. The average molecular weight is 366 g/mol. The third-order valence-electron chi connectivity index (χ3n) is 6.38. The van der Waals surface area contributed by atoms with Gasteiger partial charge in [0.15, 0.2) is 11.5 Å². The number of aliphatic hydroxyl groups excluding tert-OH is 1. The fourth-order valence-electron chi connectivity index (χ4n) is 5.61. The molecule has 2 heterocycles. The van der Waals surface area contributed by atoms with Crippen molar-refractivity contribution in [1.82, 2.24) is 5.32 Å². The Labute approximate surface area is 138 Å². The molecular formula is C17H20BrNO3. The summed E-state index contributed by atoms with van der Waals surface area (Å²) in [6.07, 6.45) is 3.49. The third kappa shape index (κ3) is 1.41. The molecule has 0 radical (unpaired) electrons. The Kier molecular flexibility index (Phi) is 2.73. The second-order valence-corrected chi connectivity index (χ2v) is 7.94. The Bertz CT molecular complexity index is 664. The fourth-order valence-corrected chi connectivity index (χ4v) is 6.18. The number of hydrogen-bond acceptors (Lipinski definition) is 4. The molecule has 2 aliphatic heterocycles. The second-order valence-electron chi connectivity index (χ2n) is 7.09. The fraction of sp³-hybridized carbons (Fsp3) is 0.647. The predicted molar refractivity (Wildman–Crippen MR) is 85.6 cm³/mol. The summed E-state index contributed by atoms with van der Waals surface area (Å²) in [6.45, 7) is 1.00. The number of halogens is 1. The second kappa shape index (κ2) is 4.40. The van der Waals surface area contributed by atoms with E-state index in [9.17, 15) is 5.11 Å². The van der Waals surface area contributed by atoms with Crippen molar-refractivity contribution in [3.05, 3.63) is 21.7 Å². The lowest BCUT2D eigenvalue weighted by Crippen LogP contribution is -2.66. The maximum Gasteiger partial charge on any atom is 0.166 e. The van der Waals surface area contributed by atoms with Crippen LogP contribution in [-0.4, -0.2) is 37.0 Å². The number of methoxy groups -OCH3 is 1. The van der Waals surface area contributed by atoms with Gasteiger partial charge in [-0.3, -0.25) is 0 Å². The topological polar surface area (TPSA) is 50.7 Å². The van der Waals surface area contributed by atoms with E-state index < -0.39 is 0 Å². The molecule has 5 rings (SSSR count). The molecule has 5 heteroatoms. The van der Waals surface area contributed by atoms with Crippen LogP contribution in [0.25, 0.3) is 0 Å². The normalized spacial score (nSPS) is 40.9. The van der Waals surface area contributed by atoms with Crippen LogP contribution in [0.5, 0.6) is 11.5 Å². The van der Waals surface area contributed by atoms with E-state index in [0.717, 1.165) is 48.2 Å². The highest BCUT2D eigenvalue weighted by atomic mass is 79.9. The highest BCUT2D eigenvalue weighted by molar-refractivity contribution is 9.10. The van der Waals surface area contributed by atoms with E-state index in [2.05, 4.69) is 21.2 Å². The van der Waals surface area contributed by atoms with Crippen LogP contribution in [0.15, 0.2) is 10.5 Å². The molecule has 22 heavy (non-hydrogen) atoms. The summed E-state index contributed by atoms with van der Waals surface area (Å²) in [7, 11) is 1.69. The number of aliphatic hydroxyl groups is 1. The van der Waals surface area contributed by atoms with Gasteiger partial charge in [0.1, 0.15) is 6.10 Å². The van der Waals surface area contributed by atoms with E-state index in [1.807, 2.05) is 6.07 Å². The van der Waals surface area contributed by atoms with Crippen LogP contribution in [0.3, 0.4) is 0 Å². The van der Waals surface area contributed by atoms with Gasteiger partial charge >= 0.3 is 0 Å². The van der Waals surface area contributed by atoms with E-state index in [-0.39, 0.29) is 17.6 Å². The molecule has 2 fully saturated rings. The zero-order valence-electron chi connectivity index (χ0n) is 12.6. The highest BCUT2D eigenvalue weighted by Gasteiger charge is 2.64. The maximum absolute atomic E-state index is 10.6. The summed E-state index contributed by atoms with van der Waals surface area (Å²) < 4.78 is 13.0. The molecule has 2 aliphatic carbocycles. The molecule has 0 aromatic heterocycles. The first-order valence-electron chi connectivity index (χ1n) is 8.14. The quantitative estimate of drug-likeness (QED) is 0.800. The average Bonchev–Trinajstić information content (AvgIpc) is 2.84. The SMILES string of the molecule is COc1cc(Br)c2c3c1O[C@H]1[C@@H](O)CC[C@H]4C(C2)NCCC341. The molecule has 2 bridgehead atoms. The molecule has 1 aromatic rings. The first-order valence-corrected chi connectivity index (χ1v) is 8.94. The molecule has 5 atom stereocenters. The van der Waals surface area contributed by atoms with Gasteiger partial charge in [-0.2, -0.15) is 0 Å². The van der Waals surface area contributed by atoms with Crippen LogP contribution >= 0.6 is 15.9 Å². The molecule has 1 saturated carbocycles. The summed E-state index contributed by atoms with van der Waals surface area (Å²) in [4.78, 5) is 0. The standard InChI is InChI=1S/C17H20BrNO3/c1-21-13-7-10(18)8-6-11-9-2-3-12(20)16-17(9,4-5-19-11)14(8)15(13)22-16/h7,9,11-12,16,19-20H,2-6H2,1H3/t9-,11?,12-,16-,17?/m0/s1. The van der Waals surface area contributed by atoms with Gasteiger partial charge in [-0.25, -0.2) is 0 Å². The van der Waals surface area contributed by atoms with Crippen molar-refractivity contribution in [2.24, 2.45) is 5.92 Å². The van der Waals surface area contributed by atoms with Crippen molar-refractivity contribution < 1.29 is 14.6 Å². The van der Waals surface area contributed by atoms with E-state index in [0.29, 0.717) is 12.0 Å². The number of benzene rings is 1. The van der Waals surface area contributed by atoms with Gasteiger partial charge in [-0.1, -0.05) is 15.9 Å². The minimum absolute atomic E-state index is 0.0342. The van der Waals surface area contributed by atoms with E-state index in [4.69, 9.17) is 9.47 Å². The van der Waals surface area contributed by atoms with Gasteiger partial charge in [-0.15, -0.1) is 0 Å². The molecule has 0 amide bonds. The van der Waals surface area contributed by atoms with Crippen molar-refractivity contribution in [2.45, 2.75) is 49.3 Å². The Balaban J connectivity index is 1.84. The minimum atomic E-state index is -0.378. The first kappa shape index (κ1) is 13.6. The Morgan fingerprint density at radius 2 is 2.32 bits per heavy atom. The largest absolute Gasteiger partial charge is 0.493 e. The van der Waals surface area contributed by atoms with Gasteiger partial charge in [0, 0.05) is 21.5 Å². The molecular weight excluding hydrogens is 346 g/mol. The van der Waals surface area contributed by atoms with Gasteiger partial charge in [0.05, 0.1) is 13.2 Å². The van der Waals surface area contributed by atoms with Gasteiger partial charge < -0.3 is 19.9 Å². The van der Waals surface area contributed by atoms with Gasteiger partial charge in [0.2, 0.25) is 0 Å². The Morgan fingerprint density at radius 3 is 3.14 bits per heavy atom. The number of piperidine rings is 1. The van der Waals surface area contributed by atoms with E-state index in [1.54, 1.807) is 7.11 Å². The lowest BCUT2D eigenvalue weighted by atomic mass is 9.52. The summed E-state index contributed by atoms with van der Waals surface area (Å²) in [5.74, 6) is 2.23. The lowest BCUT2D eigenvalue weighted by molar-refractivity contribution is -0.0761. The minimum Gasteiger partial charge on any atom is -0.493 e. The number of ether oxygens (including phenoxy) is 2. The molecule has 1 spiro atoms. The van der Waals surface area contributed by atoms with E-state index >= 15 is 0 Å². The molecule has 4 nitrogen and oxygen atoms in total. The summed E-state index contributed by atoms with van der Waals surface area (Å²) in [5.41, 5.74) is 2.64. The highest BCUT2D eigenvalue weighted by Crippen LogP contribution is 2.63. The first-order chi connectivity index (χ1) is 10.7. The smallest absolute Gasteiger partial charge is 0.166 e. The van der Waals surface area contributed by atoms with Crippen LogP contribution in [0.2, 0.25) is 0 Å². The third-order valence-corrected chi connectivity index (χ3v) is 7.08. The molecule has 4 aliphatic rings. The van der Waals surface area contributed by atoms with Crippen LogP contribution in [-0.2, 0) is 11.8 Å². The van der Waals surface area contributed by atoms with Crippen molar-refractivity contribution in [2.75, 3.05) is 13.7 Å². The molecule has 2 N–H and O–H groups in total. The number of nitrogens with one attached hydrogen (secondary N) is 1. The van der Waals surface area contributed by atoms with Crippen molar-refractivity contribution in [3.8, 4) is 11.5 Å². The van der Waals surface area contributed by atoms with Crippen LogP contribution in [0.1, 0.15) is 30.4 Å². The van der Waals surface area contributed by atoms with Crippen LogP contribution in [0, 0.1) is 5.92 Å². The summed E-state index contributed by atoms with van der Waals surface area (Å²) >= 11 is 3.74. The van der Waals surface area contributed by atoms with Crippen molar-refractivity contribution >= 4 is 15.9 Å². The molecule has 1 saturated heterocycles. The number of hydrogen-bond donors (Lipinski definition) is 2. The van der Waals surface area contributed by atoms with Gasteiger partial charge in [-0.05, 0) is 49.8 Å². The maximum atomic E-state index is 10.6. The van der Waals surface area contributed by atoms with Crippen molar-refractivity contribution in [3.63, 3.8) is 0 Å². The van der Waals surface area contributed by atoms with Crippen LogP contribution < -0.4 is 14.8 Å². The predicted octanol–water partition coefficient (Wildman–Crippen LogP) is 2.15. The van der Waals surface area contributed by atoms with Crippen molar-refractivity contribution in [1.29, 1.82) is 0 Å². The Morgan fingerprint density at radius 1 is 1.45 bits per heavy atom. The summed E-state index contributed by atoms with van der Waals surface area (Å²) in [6, 6.07) is 2.51.